The lowest BCUT2D eigenvalue weighted by atomic mass is 9.41. The second-order valence-corrected chi connectivity index (χ2v) is 10.5. The minimum atomic E-state index is -0.471. The van der Waals surface area contributed by atoms with Crippen molar-refractivity contribution in [3.63, 3.8) is 0 Å². The van der Waals surface area contributed by atoms with Crippen LogP contribution in [0.1, 0.15) is 79.4 Å². The Labute approximate surface area is 166 Å². The normalized spacial score (nSPS) is 38.0. The molecule has 5 saturated carbocycles. The van der Waals surface area contributed by atoms with E-state index in [0.717, 1.165) is 43.0 Å². The van der Waals surface area contributed by atoms with Crippen LogP contribution in [0, 0.1) is 23.2 Å². The predicted molar refractivity (Wildman–Crippen MR) is 105 cm³/mol. The highest BCUT2D eigenvalue weighted by atomic mass is 16.5. The first-order chi connectivity index (χ1) is 13.6. The molecule has 5 fully saturated rings. The number of nitrogens with zero attached hydrogens (tertiary/aromatic N) is 2. The molecule has 7 rings (SSSR count). The SMILES string of the molecule is O=C(NO)c1cnc2c(c1)CCN(C1(C34CC5CC(CC(C5)C3)C4)CCC1)C2. The van der Waals surface area contributed by atoms with E-state index in [-0.39, 0.29) is 0 Å². The van der Waals surface area contributed by atoms with Crippen LogP contribution in [0.25, 0.3) is 0 Å². The van der Waals surface area contributed by atoms with Gasteiger partial charge in [-0.15, -0.1) is 0 Å². The largest absolute Gasteiger partial charge is 0.291 e. The smallest absolute Gasteiger partial charge is 0.276 e. The van der Waals surface area contributed by atoms with Crippen LogP contribution in [0.15, 0.2) is 12.3 Å². The maximum absolute atomic E-state index is 11.7. The summed E-state index contributed by atoms with van der Waals surface area (Å²) in [5.41, 5.74) is 5.46. The standard InChI is InChI=1S/C23H31N3O2/c27-21(25-28)19-9-18-2-5-26(14-20(18)24-13-19)23(3-1-4-23)22-10-15-6-16(11-22)8-17(7-15)12-22/h9,13,15-17,28H,1-8,10-12,14H2,(H,25,27). The van der Waals surface area contributed by atoms with Crippen LogP contribution in [0.3, 0.4) is 0 Å². The minimum absolute atomic E-state index is 0.406. The molecule has 5 heteroatoms. The summed E-state index contributed by atoms with van der Waals surface area (Å²) < 4.78 is 0. The second-order valence-electron chi connectivity index (χ2n) is 10.5. The van der Waals surface area contributed by atoms with Crippen molar-refractivity contribution in [1.29, 1.82) is 0 Å². The van der Waals surface area contributed by atoms with Gasteiger partial charge in [-0.25, -0.2) is 5.48 Å². The highest BCUT2D eigenvalue weighted by Gasteiger charge is 2.64. The molecule has 6 aliphatic rings. The van der Waals surface area contributed by atoms with Crippen molar-refractivity contribution < 1.29 is 10.0 Å². The third kappa shape index (κ3) is 2.32. The van der Waals surface area contributed by atoms with Gasteiger partial charge in [-0.1, -0.05) is 0 Å². The lowest BCUT2D eigenvalue weighted by molar-refractivity contribution is -0.183. The number of carbonyl (C=O) groups is 1. The van der Waals surface area contributed by atoms with Crippen molar-refractivity contribution >= 4 is 5.91 Å². The third-order valence-electron chi connectivity index (χ3n) is 9.23. The summed E-state index contributed by atoms with van der Waals surface area (Å²) in [5.74, 6) is 2.53. The van der Waals surface area contributed by atoms with Gasteiger partial charge in [0.05, 0.1) is 11.3 Å². The van der Waals surface area contributed by atoms with E-state index in [4.69, 9.17) is 5.21 Å². The molecule has 2 heterocycles. The molecule has 1 aromatic heterocycles. The van der Waals surface area contributed by atoms with Crippen LogP contribution < -0.4 is 5.48 Å². The summed E-state index contributed by atoms with van der Waals surface area (Å²) in [6.45, 7) is 2.01. The summed E-state index contributed by atoms with van der Waals surface area (Å²) in [5, 5.41) is 8.90. The molecule has 2 N–H and O–H groups in total. The molecule has 0 atom stereocenters. The number of carbonyl (C=O) groups excluding carboxylic acids is 1. The lowest BCUT2D eigenvalue weighted by Gasteiger charge is -2.69. The number of rotatable bonds is 3. The Morgan fingerprint density at radius 1 is 1.14 bits per heavy atom. The fourth-order valence-electron chi connectivity index (χ4n) is 8.34. The molecule has 5 aliphatic carbocycles. The zero-order valence-electron chi connectivity index (χ0n) is 16.6. The topological polar surface area (TPSA) is 65.5 Å². The Balaban J connectivity index is 1.30. The van der Waals surface area contributed by atoms with Gasteiger partial charge in [0.2, 0.25) is 0 Å². The molecule has 0 unspecified atom stereocenters. The van der Waals surface area contributed by atoms with Gasteiger partial charge in [0.25, 0.3) is 5.91 Å². The number of hydroxylamine groups is 1. The number of hydrogen-bond acceptors (Lipinski definition) is 4. The molecule has 0 saturated heterocycles. The Morgan fingerprint density at radius 3 is 2.39 bits per heavy atom. The van der Waals surface area contributed by atoms with Gasteiger partial charge in [0, 0.05) is 24.8 Å². The summed E-state index contributed by atoms with van der Waals surface area (Å²) in [6, 6.07) is 1.92. The predicted octanol–water partition coefficient (Wildman–Crippen LogP) is 3.70. The van der Waals surface area contributed by atoms with Crippen LogP contribution in [0.5, 0.6) is 0 Å². The van der Waals surface area contributed by atoms with Crippen LogP contribution in [0.2, 0.25) is 0 Å². The van der Waals surface area contributed by atoms with E-state index in [1.807, 2.05) is 6.07 Å². The van der Waals surface area contributed by atoms with Gasteiger partial charge in [0.1, 0.15) is 0 Å². The summed E-state index contributed by atoms with van der Waals surface area (Å²) in [6.07, 6.45) is 15.7. The summed E-state index contributed by atoms with van der Waals surface area (Å²) >= 11 is 0. The average Bonchev–Trinajstić information content (AvgIpc) is 2.64. The molecular formula is C23H31N3O2. The maximum atomic E-state index is 11.7. The highest BCUT2D eigenvalue weighted by molar-refractivity contribution is 5.93. The van der Waals surface area contributed by atoms with Gasteiger partial charge in [-0.05, 0) is 99.0 Å². The van der Waals surface area contributed by atoms with Crippen LogP contribution in [-0.2, 0) is 13.0 Å². The van der Waals surface area contributed by atoms with Crippen LogP contribution >= 0.6 is 0 Å². The molecule has 5 nitrogen and oxygen atoms in total. The third-order valence-corrected chi connectivity index (χ3v) is 9.23. The van der Waals surface area contributed by atoms with E-state index in [9.17, 15) is 4.79 Å². The van der Waals surface area contributed by atoms with Crippen LogP contribution in [0.4, 0.5) is 0 Å². The van der Waals surface area contributed by atoms with Gasteiger partial charge >= 0.3 is 0 Å². The van der Waals surface area contributed by atoms with E-state index in [0.29, 0.717) is 16.5 Å². The van der Waals surface area contributed by atoms with Crippen molar-refractivity contribution in [2.24, 2.45) is 23.2 Å². The molecular weight excluding hydrogens is 350 g/mol. The van der Waals surface area contributed by atoms with Gasteiger partial charge in [-0.2, -0.15) is 0 Å². The van der Waals surface area contributed by atoms with E-state index >= 15 is 0 Å². The molecule has 150 valence electrons. The number of nitrogens with one attached hydrogen (secondary N) is 1. The van der Waals surface area contributed by atoms with Gasteiger partial charge in [-0.3, -0.25) is 19.9 Å². The molecule has 1 aliphatic heterocycles. The van der Waals surface area contributed by atoms with Crippen LogP contribution in [-0.4, -0.2) is 33.1 Å². The van der Waals surface area contributed by atoms with E-state index < -0.39 is 5.91 Å². The molecule has 1 aromatic rings. The first kappa shape index (κ1) is 17.4. The Bertz CT molecular complexity index is 781. The first-order valence-electron chi connectivity index (χ1n) is 11.3. The number of aromatic nitrogens is 1. The highest BCUT2D eigenvalue weighted by Crippen LogP contribution is 2.68. The number of pyridine rings is 1. The Morgan fingerprint density at radius 2 is 1.82 bits per heavy atom. The molecule has 1 amide bonds. The van der Waals surface area contributed by atoms with E-state index in [1.165, 1.54) is 63.4 Å². The van der Waals surface area contributed by atoms with Gasteiger partial charge in [0.15, 0.2) is 0 Å². The lowest BCUT2D eigenvalue weighted by Crippen LogP contribution is -2.69. The quantitative estimate of drug-likeness (QED) is 0.619. The van der Waals surface area contributed by atoms with Crippen molar-refractivity contribution in [3.05, 3.63) is 29.1 Å². The fourth-order valence-corrected chi connectivity index (χ4v) is 8.34. The van der Waals surface area contributed by atoms with Crippen molar-refractivity contribution in [1.82, 2.24) is 15.4 Å². The summed E-state index contributed by atoms with van der Waals surface area (Å²) in [4.78, 5) is 19.2. The second kappa shape index (κ2) is 6.02. The average molecular weight is 382 g/mol. The van der Waals surface area contributed by atoms with Crippen molar-refractivity contribution in [2.45, 2.75) is 76.3 Å². The van der Waals surface area contributed by atoms with Crippen molar-refractivity contribution in [2.75, 3.05) is 6.54 Å². The monoisotopic (exact) mass is 381 g/mol. The Kier molecular flexibility index (Phi) is 3.74. The molecule has 0 spiro atoms. The minimum Gasteiger partial charge on any atom is -0.291 e. The number of hydrogen-bond donors (Lipinski definition) is 2. The maximum Gasteiger partial charge on any atom is 0.276 e. The number of amides is 1. The molecule has 0 aromatic carbocycles. The van der Waals surface area contributed by atoms with Crippen molar-refractivity contribution in [3.8, 4) is 0 Å². The Hall–Kier alpha value is -1.46. The van der Waals surface area contributed by atoms with Gasteiger partial charge < -0.3 is 0 Å². The molecule has 4 bridgehead atoms. The summed E-state index contributed by atoms with van der Waals surface area (Å²) in [7, 11) is 0. The zero-order valence-corrected chi connectivity index (χ0v) is 16.6. The molecule has 0 radical (unpaired) electrons. The van der Waals surface area contributed by atoms with E-state index in [2.05, 4.69) is 9.88 Å². The molecule has 28 heavy (non-hydrogen) atoms. The first-order valence-corrected chi connectivity index (χ1v) is 11.3. The zero-order chi connectivity index (χ0) is 18.9. The van der Waals surface area contributed by atoms with E-state index in [1.54, 1.807) is 11.7 Å². The number of fused-ring (bicyclic) bond motifs is 1. The fraction of sp³-hybridized carbons (Fsp3) is 0.739.